The van der Waals surface area contributed by atoms with Crippen molar-refractivity contribution in [3.63, 3.8) is 0 Å². The van der Waals surface area contributed by atoms with Crippen LogP contribution in [-0.2, 0) is 9.47 Å². The first-order chi connectivity index (χ1) is 8.86. The Balaban J connectivity index is 0.000000180. The lowest BCUT2D eigenvalue weighted by Crippen LogP contribution is -2.38. The molecule has 6 heteroatoms. The predicted octanol–water partition coefficient (Wildman–Crippen LogP) is -1.33. The number of hydrogen-bond acceptors (Lipinski definition) is 6. The highest BCUT2D eigenvalue weighted by Crippen LogP contribution is 1.99. The third-order valence-electron chi connectivity index (χ3n) is 2.98. The molecule has 0 saturated carbocycles. The minimum atomic E-state index is 0.229. The van der Waals surface area contributed by atoms with Crippen molar-refractivity contribution < 1.29 is 19.7 Å². The van der Waals surface area contributed by atoms with Crippen LogP contribution in [0.5, 0.6) is 0 Å². The highest BCUT2D eigenvalue weighted by molar-refractivity contribution is 4.65. The van der Waals surface area contributed by atoms with Crippen LogP contribution in [0.25, 0.3) is 0 Å². The Morgan fingerprint density at radius 3 is 2.44 bits per heavy atom. The summed E-state index contributed by atoms with van der Waals surface area (Å²) in [4.78, 5) is 2.20. The third-order valence-corrected chi connectivity index (χ3v) is 2.98. The van der Waals surface area contributed by atoms with E-state index >= 15 is 0 Å². The smallest absolute Gasteiger partial charge is 0.0721 e. The van der Waals surface area contributed by atoms with Crippen molar-refractivity contribution in [2.45, 2.75) is 12.5 Å². The van der Waals surface area contributed by atoms with Crippen LogP contribution in [0.1, 0.15) is 6.42 Å². The van der Waals surface area contributed by atoms with E-state index in [0.29, 0.717) is 0 Å². The van der Waals surface area contributed by atoms with Crippen LogP contribution in [0.15, 0.2) is 0 Å². The summed E-state index contributed by atoms with van der Waals surface area (Å²) < 4.78 is 10.4. The molecule has 108 valence electrons. The van der Waals surface area contributed by atoms with Crippen molar-refractivity contribution >= 4 is 0 Å². The topological polar surface area (TPSA) is 74.2 Å². The standard InChI is InChI=1S/2C6H13NO2/c8-4-1-7-2-5-9-6-3-7;8-3-1-6-5-7-2-4-9-6/h8H,1-6H2;6-8H,1-5H2. The Morgan fingerprint density at radius 2 is 1.89 bits per heavy atom. The average molecular weight is 262 g/mol. The number of ether oxygens (including phenoxy) is 2. The molecule has 2 aliphatic heterocycles. The van der Waals surface area contributed by atoms with Crippen LogP contribution in [0.3, 0.4) is 0 Å². The number of rotatable bonds is 4. The monoisotopic (exact) mass is 262 g/mol. The second-order valence-electron chi connectivity index (χ2n) is 4.39. The molecule has 0 aromatic heterocycles. The van der Waals surface area contributed by atoms with E-state index in [1.807, 2.05) is 0 Å². The molecule has 2 saturated heterocycles. The lowest BCUT2D eigenvalue weighted by Gasteiger charge is -2.25. The van der Waals surface area contributed by atoms with Gasteiger partial charge in [0.1, 0.15) is 0 Å². The molecule has 0 radical (unpaired) electrons. The summed E-state index contributed by atoms with van der Waals surface area (Å²) >= 11 is 0. The van der Waals surface area contributed by atoms with Gasteiger partial charge in [-0.2, -0.15) is 0 Å². The van der Waals surface area contributed by atoms with E-state index in [4.69, 9.17) is 19.7 Å². The minimum Gasteiger partial charge on any atom is -0.396 e. The fourth-order valence-electron chi connectivity index (χ4n) is 1.92. The molecule has 3 N–H and O–H groups in total. The van der Waals surface area contributed by atoms with Gasteiger partial charge in [0.25, 0.3) is 0 Å². The van der Waals surface area contributed by atoms with Gasteiger partial charge in [0.15, 0.2) is 0 Å². The second kappa shape index (κ2) is 10.7. The van der Waals surface area contributed by atoms with Crippen LogP contribution < -0.4 is 5.32 Å². The van der Waals surface area contributed by atoms with Gasteiger partial charge in [-0.1, -0.05) is 0 Å². The number of nitrogens with one attached hydrogen (secondary N) is 1. The number of morpholine rings is 2. The molecule has 0 aliphatic carbocycles. The number of nitrogens with zero attached hydrogens (tertiary/aromatic N) is 1. The van der Waals surface area contributed by atoms with Gasteiger partial charge >= 0.3 is 0 Å². The Kier molecular flexibility index (Phi) is 9.37. The molecule has 1 atom stereocenters. The summed E-state index contributed by atoms with van der Waals surface area (Å²) in [6.45, 7) is 7.49. The lowest BCUT2D eigenvalue weighted by molar-refractivity contribution is 0.0139. The average Bonchev–Trinajstić information content (AvgIpc) is 2.43. The number of aliphatic hydroxyl groups excluding tert-OH is 2. The normalized spacial score (nSPS) is 25.3. The molecule has 2 rings (SSSR count). The van der Waals surface area contributed by atoms with E-state index in [0.717, 1.165) is 59.0 Å². The van der Waals surface area contributed by atoms with E-state index in [1.54, 1.807) is 0 Å². The van der Waals surface area contributed by atoms with Crippen LogP contribution in [0, 0.1) is 0 Å². The van der Waals surface area contributed by atoms with E-state index in [1.165, 1.54) is 0 Å². The maximum atomic E-state index is 8.54. The van der Waals surface area contributed by atoms with Gasteiger partial charge in [-0.3, -0.25) is 4.90 Å². The molecule has 6 nitrogen and oxygen atoms in total. The summed E-state index contributed by atoms with van der Waals surface area (Å²) in [5.41, 5.74) is 0. The van der Waals surface area contributed by atoms with Gasteiger partial charge in [0.2, 0.25) is 0 Å². The Morgan fingerprint density at radius 1 is 1.11 bits per heavy atom. The van der Waals surface area contributed by atoms with E-state index in [-0.39, 0.29) is 19.3 Å². The molecular weight excluding hydrogens is 236 g/mol. The molecule has 0 bridgehead atoms. The zero-order chi connectivity index (χ0) is 13.1. The van der Waals surface area contributed by atoms with Gasteiger partial charge in [0.05, 0.1) is 32.5 Å². The maximum absolute atomic E-state index is 8.54. The lowest BCUT2D eigenvalue weighted by atomic mass is 10.2. The fourth-order valence-corrected chi connectivity index (χ4v) is 1.92. The molecule has 2 fully saturated rings. The quantitative estimate of drug-likeness (QED) is 0.583. The van der Waals surface area contributed by atoms with E-state index < -0.39 is 0 Å². The Hall–Kier alpha value is -0.240. The van der Waals surface area contributed by atoms with Crippen LogP contribution in [0.4, 0.5) is 0 Å². The van der Waals surface area contributed by atoms with Crippen molar-refractivity contribution in [2.24, 2.45) is 0 Å². The van der Waals surface area contributed by atoms with Crippen molar-refractivity contribution in [2.75, 3.05) is 65.8 Å². The van der Waals surface area contributed by atoms with Gasteiger partial charge in [0, 0.05) is 39.3 Å². The zero-order valence-electron chi connectivity index (χ0n) is 11.0. The van der Waals surface area contributed by atoms with E-state index in [9.17, 15) is 0 Å². The summed E-state index contributed by atoms with van der Waals surface area (Å²) in [5, 5.41) is 20.2. The molecule has 18 heavy (non-hydrogen) atoms. The van der Waals surface area contributed by atoms with Crippen molar-refractivity contribution in [1.82, 2.24) is 10.2 Å². The SMILES string of the molecule is OCCC1CNCCO1.OCCN1CCOCC1. The number of β-amino-alcohol motifs (C(OH)–C–C–N with tert-alkyl or cyclic N) is 1. The zero-order valence-corrected chi connectivity index (χ0v) is 11.0. The van der Waals surface area contributed by atoms with Gasteiger partial charge in [-0.05, 0) is 6.42 Å². The van der Waals surface area contributed by atoms with E-state index in [2.05, 4.69) is 10.2 Å². The molecule has 1 unspecified atom stereocenters. The van der Waals surface area contributed by atoms with Gasteiger partial charge in [-0.25, -0.2) is 0 Å². The summed E-state index contributed by atoms with van der Waals surface area (Å²) in [7, 11) is 0. The van der Waals surface area contributed by atoms with Crippen LogP contribution >= 0.6 is 0 Å². The fraction of sp³-hybridized carbons (Fsp3) is 1.00. The molecule has 0 spiro atoms. The Bertz CT molecular complexity index is 157. The molecule has 0 amide bonds. The Labute approximate surface area is 109 Å². The number of aliphatic hydroxyl groups is 2. The first-order valence-electron chi connectivity index (χ1n) is 6.71. The predicted molar refractivity (Wildman–Crippen MR) is 68.7 cm³/mol. The van der Waals surface area contributed by atoms with Crippen molar-refractivity contribution in [3.05, 3.63) is 0 Å². The van der Waals surface area contributed by atoms with Crippen LogP contribution in [-0.4, -0.2) is 87.0 Å². The molecule has 2 heterocycles. The maximum Gasteiger partial charge on any atom is 0.0721 e. The van der Waals surface area contributed by atoms with Gasteiger partial charge < -0.3 is 25.0 Å². The highest BCUT2D eigenvalue weighted by Gasteiger charge is 2.11. The first-order valence-corrected chi connectivity index (χ1v) is 6.71. The molecule has 2 aliphatic rings. The summed E-state index contributed by atoms with van der Waals surface area (Å²) in [6, 6.07) is 0. The minimum absolute atomic E-state index is 0.229. The number of hydrogen-bond donors (Lipinski definition) is 3. The van der Waals surface area contributed by atoms with Crippen molar-refractivity contribution in [1.29, 1.82) is 0 Å². The summed E-state index contributed by atoms with van der Waals surface area (Å²) in [5.74, 6) is 0. The highest BCUT2D eigenvalue weighted by atomic mass is 16.5. The van der Waals surface area contributed by atoms with Crippen LogP contribution in [0.2, 0.25) is 0 Å². The molecular formula is C12H26N2O4. The second-order valence-corrected chi connectivity index (χ2v) is 4.39. The largest absolute Gasteiger partial charge is 0.396 e. The summed E-state index contributed by atoms with van der Waals surface area (Å²) in [6.07, 6.45) is 0.997. The van der Waals surface area contributed by atoms with Crippen molar-refractivity contribution in [3.8, 4) is 0 Å². The third kappa shape index (κ3) is 7.25. The first kappa shape index (κ1) is 15.8. The molecule has 0 aromatic rings. The van der Waals surface area contributed by atoms with Gasteiger partial charge in [-0.15, -0.1) is 0 Å². The molecule has 0 aromatic carbocycles.